The summed E-state index contributed by atoms with van der Waals surface area (Å²) in [5.74, 6) is 0.646. The second-order valence-corrected chi connectivity index (χ2v) is 7.91. The van der Waals surface area contributed by atoms with Crippen molar-refractivity contribution in [1.29, 1.82) is 0 Å². The van der Waals surface area contributed by atoms with Crippen LogP contribution < -0.4 is 10.1 Å². The van der Waals surface area contributed by atoms with E-state index >= 15 is 0 Å². The number of aryl methyl sites for hydroxylation is 1. The van der Waals surface area contributed by atoms with E-state index in [2.05, 4.69) is 15.3 Å². The first-order chi connectivity index (χ1) is 12.6. The molecule has 2 heterocycles. The number of rotatable bonds is 7. The predicted octanol–water partition coefficient (Wildman–Crippen LogP) is 4.87. The van der Waals surface area contributed by atoms with Gasteiger partial charge in [-0.3, -0.25) is 9.97 Å². The maximum atomic E-state index is 10.8. The first kappa shape index (κ1) is 21.0. The zero-order valence-corrected chi connectivity index (χ0v) is 17.1. The second kappa shape index (κ2) is 8.57. The number of nitrogens with one attached hydrogen (secondary N) is 1. The van der Waals surface area contributed by atoms with Crippen LogP contribution in [0.5, 0.6) is 5.75 Å². The fraction of sp³-hybridized carbons (Fsp3) is 0.450. The molecule has 2 aromatic rings. The summed E-state index contributed by atoms with van der Waals surface area (Å²) < 4.78 is 5.81. The van der Waals surface area contributed by atoms with Gasteiger partial charge < -0.3 is 15.2 Å². The Morgan fingerprint density at radius 1 is 1.37 bits per heavy atom. The Morgan fingerprint density at radius 3 is 2.70 bits per heavy atom. The molecule has 0 saturated heterocycles. The molecule has 0 saturated carbocycles. The SMILES string of the molecule is Cc1nccc(-c2cc(Cl)c(OCC(C)CC(C)(C)NC(=O)O)cn2)c1C. The molecule has 0 radical (unpaired) electrons. The molecule has 0 aliphatic carbocycles. The van der Waals surface area contributed by atoms with Crippen molar-refractivity contribution in [1.82, 2.24) is 15.3 Å². The number of hydrogen-bond acceptors (Lipinski definition) is 4. The van der Waals surface area contributed by atoms with Crippen molar-refractivity contribution in [2.24, 2.45) is 5.92 Å². The van der Waals surface area contributed by atoms with Crippen molar-refractivity contribution in [2.45, 2.75) is 46.6 Å². The molecule has 1 amide bonds. The van der Waals surface area contributed by atoms with E-state index in [0.29, 0.717) is 23.8 Å². The molecule has 6 nitrogen and oxygen atoms in total. The number of carboxylic acid groups (broad SMARTS) is 1. The number of ether oxygens (including phenoxy) is 1. The normalized spacial score (nSPS) is 12.5. The lowest BCUT2D eigenvalue weighted by atomic mass is 9.92. The monoisotopic (exact) mass is 391 g/mol. The average Bonchev–Trinajstić information content (AvgIpc) is 2.54. The van der Waals surface area contributed by atoms with Gasteiger partial charge in [-0.05, 0) is 57.7 Å². The lowest BCUT2D eigenvalue weighted by molar-refractivity contribution is 0.169. The molecule has 0 spiro atoms. The van der Waals surface area contributed by atoms with Gasteiger partial charge in [-0.25, -0.2) is 4.79 Å². The van der Waals surface area contributed by atoms with E-state index in [1.165, 1.54) is 0 Å². The number of carbonyl (C=O) groups is 1. The Morgan fingerprint density at radius 2 is 2.07 bits per heavy atom. The third-order valence-electron chi connectivity index (χ3n) is 4.38. The summed E-state index contributed by atoms with van der Waals surface area (Å²) in [6.45, 7) is 10.1. The largest absolute Gasteiger partial charge is 0.490 e. The van der Waals surface area contributed by atoms with E-state index < -0.39 is 11.6 Å². The van der Waals surface area contributed by atoms with Gasteiger partial charge in [0.2, 0.25) is 0 Å². The number of pyridine rings is 2. The van der Waals surface area contributed by atoms with Gasteiger partial charge in [-0.2, -0.15) is 0 Å². The third-order valence-corrected chi connectivity index (χ3v) is 4.67. The molecule has 0 aliphatic heterocycles. The molecular weight excluding hydrogens is 366 g/mol. The van der Waals surface area contributed by atoms with E-state index in [1.54, 1.807) is 18.5 Å². The van der Waals surface area contributed by atoms with E-state index in [4.69, 9.17) is 21.4 Å². The van der Waals surface area contributed by atoms with Gasteiger partial charge >= 0.3 is 6.09 Å². The van der Waals surface area contributed by atoms with E-state index in [1.807, 2.05) is 40.7 Å². The third kappa shape index (κ3) is 5.82. The quantitative estimate of drug-likeness (QED) is 0.703. The van der Waals surface area contributed by atoms with Gasteiger partial charge in [-0.1, -0.05) is 18.5 Å². The standard InChI is InChI=1S/C20H26ClN3O3/c1-12(9-20(4,5)24-19(25)26)11-27-18-10-23-17(8-16(18)21)15-6-7-22-14(3)13(15)2/h6-8,10,12,24H,9,11H2,1-5H3,(H,25,26). The van der Waals surface area contributed by atoms with Gasteiger partial charge in [0.05, 0.1) is 23.5 Å². The average molecular weight is 392 g/mol. The minimum absolute atomic E-state index is 0.132. The van der Waals surface area contributed by atoms with Crippen LogP contribution in [0.2, 0.25) is 5.02 Å². The molecule has 1 atom stereocenters. The maximum Gasteiger partial charge on any atom is 0.405 e. The zero-order chi connectivity index (χ0) is 20.2. The molecule has 2 aromatic heterocycles. The second-order valence-electron chi connectivity index (χ2n) is 7.50. The first-order valence-electron chi connectivity index (χ1n) is 8.81. The highest BCUT2D eigenvalue weighted by molar-refractivity contribution is 6.32. The molecule has 0 fully saturated rings. The molecule has 2 N–H and O–H groups in total. The van der Waals surface area contributed by atoms with Gasteiger partial charge in [0, 0.05) is 23.0 Å². The van der Waals surface area contributed by atoms with Crippen LogP contribution >= 0.6 is 11.6 Å². The molecule has 2 rings (SSSR count). The molecule has 0 aliphatic rings. The topological polar surface area (TPSA) is 84.3 Å². The van der Waals surface area contributed by atoms with E-state index in [-0.39, 0.29) is 5.92 Å². The summed E-state index contributed by atoms with van der Waals surface area (Å²) >= 11 is 6.39. The number of halogens is 1. The Labute approximate surface area is 164 Å². The highest BCUT2D eigenvalue weighted by atomic mass is 35.5. The fourth-order valence-corrected chi connectivity index (χ4v) is 3.30. The highest BCUT2D eigenvalue weighted by Crippen LogP contribution is 2.30. The van der Waals surface area contributed by atoms with Crippen molar-refractivity contribution < 1.29 is 14.6 Å². The van der Waals surface area contributed by atoms with E-state index in [9.17, 15) is 4.79 Å². The number of amides is 1. The van der Waals surface area contributed by atoms with Crippen LogP contribution in [0, 0.1) is 19.8 Å². The Hall–Kier alpha value is -2.34. The first-order valence-corrected chi connectivity index (χ1v) is 9.19. The van der Waals surface area contributed by atoms with Crippen LogP contribution in [0.3, 0.4) is 0 Å². The number of hydrogen-bond donors (Lipinski definition) is 2. The van der Waals surface area contributed by atoms with Gasteiger partial charge in [0.1, 0.15) is 0 Å². The smallest absolute Gasteiger partial charge is 0.405 e. The Balaban J connectivity index is 2.04. The number of aromatic nitrogens is 2. The van der Waals surface area contributed by atoms with Crippen molar-refractivity contribution >= 4 is 17.7 Å². The summed E-state index contributed by atoms with van der Waals surface area (Å²) in [4.78, 5) is 19.6. The summed E-state index contributed by atoms with van der Waals surface area (Å²) in [5, 5.41) is 11.9. The molecule has 27 heavy (non-hydrogen) atoms. The molecule has 146 valence electrons. The van der Waals surface area contributed by atoms with Crippen molar-refractivity contribution in [2.75, 3.05) is 6.61 Å². The minimum Gasteiger partial charge on any atom is -0.490 e. The van der Waals surface area contributed by atoms with E-state index in [0.717, 1.165) is 22.5 Å². The van der Waals surface area contributed by atoms with Gasteiger partial charge in [0.25, 0.3) is 0 Å². The molecule has 0 bridgehead atoms. The van der Waals surface area contributed by atoms with Crippen LogP contribution in [-0.2, 0) is 0 Å². The lowest BCUT2D eigenvalue weighted by Gasteiger charge is -2.28. The zero-order valence-electron chi connectivity index (χ0n) is 16.3. The maximum absolute atomic E-state index is 10.8. The number of nitrogens with zero attached hydrogens (tertiary/aromatic N) is 2. The Bertz CT molecular complexity index is 824. The van der Waals surface area contributed by atoms with Crippen molar-refractivity contribution in [3.8, 4) is 17.0 Å². The van der Waals surface area contributed by atoms with Crippen molar-refractivity contribution in [3.05, 3.63) is 40.8 Å². The molecule has 7 heteroatoms. The lowest BCUT2D eigenvalue weighted by Crippen LogP contribution is -2.44. The summed E-state index contributed by atoms with van der Waals surface area (Å²) in [7, 11) is 0. The van der Waals surface area contributed by atoms with Gasteiger partial charge in [0.15, 0.2) is 5.75 Å². The van der Waals surface area contributed by atoms with Crippen LogP contribution in [0.1, 0.15) is 38.4 Å². The fourth-order valence-electron chi connectivity index (χ4n) is 3.09. The van der Waals surface area contributed by atoms with Crippen LogP contribution in [0.25, 0.3) is 11.3 Å². The van der Waals surface area contributed by atoms with Crippen LogP contribution in [0.15, 0.2) is 24.5 Å². The molecule has 0 aromatic carbocycles. The summed E-state index contributed by atoms with van der Waals surface area (Å²) in [6.07, 6.45) is 2.99. The minimum atomic E-state index is -1.03. The van der Waals surface area contributed by atoms with Crippen LogP contribution in [0.4, 0.5) is 4.79 Å². The molecule has 1 unspecified atom stereocenters. The Kier molecular flexibility index (Phi) is 6.65. The van der Waals surface area contributed by atoms with Crippen LogP contribution in [-0.4, -0.2) is 33.3 Å². The summed E-state index contributed by atoms with van der Waals surface area (Å²) in [6, 6.07) is 3.71. The molecular formula is C20H26ClN3O3. The highest BCUT2D eigenvalue weighted by Gasteiger charge is 2.23. The summed E-state index contributed by atoms with van der Waals surface area (Å²) in [5.41, 5.74) is 3.26. The van der Waals surface area contributed by atoms with Crippen molar-refractivity contribution in [3.63, 3.8) is 0 Å². The van der Waals surface area contributed by atoms with Gasteiger partial charge in [-0.15, -0.1) is 0 Å². The predicted molar refractivity (Wildman–Crippen MR) is 106 cm³/mol.